The summed E-state index contributed by atoms with van der Waals surface area (Å²) in [6.07, 6.45) is 4.06. The third kappa shape index (κ3) is 7.96. The van der Waals surface area contributed by atoms with E-state index in [1.54, 1.807) is 66.7 Å². The Morgan fingerprint density at radius 2 is 1.07 bits per heavy atom. The molecule has 6 heteroatoms. The molecule has 0 amide bonds. The van der Waals surface area contributed by atoms with Crippen molar-refractivity contribution in [3.63, 3.8) is 0 Å². The minimum absolute atomic E-state index is 0.312. The van der Waals surface area contributed by atoms with Crippen LogP contribution in [0.25, 0.3) is 11.1 Å². The fourth-order valence-corrected chi connectivity index (χ4v) is 3.91. The molecule has 0 N–H and O–H groups in total. The van der Waals surface area contributed by atoms with Crippen LogP contribution in [-0.4, -0.2) is 25.2 Å². The molecule has 206 valence electrons. The van der Waals surface area contributed by atoms with Crippen LogP contribution in [0.2, 0.25) is 0 Å². The third-order valence-electron chi connectivity index (χ3n) is 6.16. The number of rotatable bonds is 13. The van der Waals surface area contributed by atoms with Crippen molar-refractivity contribution in [2.45, 2.75) is 39.5 Å². The van der Waals surface area contributed by atoms with Crippen molar-refractivity contribution in [3.8, 4) is 34.1 Å². The van der Waals surface area contributed by atoms with Gasteiger partial charge in [0.15, 0.2) is 0 Å². The molecule has 0 aliphatic carbocycles. The quantitative estimate of drug-likeness (QED) is 0.0972. The van der Waals surface area contributed by atoms with Gasteiger partial charge in [0.05, 0.1) is 24.3 Å². The zero-order valence-corrected chi connectivity index (χ0v) is 22.9. The highest BCUT2D eigenvalue weighted by Gasteiger charge is 2.19. The highest BCUT2D eigenvalue weighted by molar-refractivity contribution is 6.01. The maximum atomic E-state index is 13.2. The molecule has 0 aromatic heterocycles. The van der Waals surface area contributed by atoms with Gasteiger partial charge < -0.3 is 18.9 Å². The topological polar surface area (TPSA) is 71.1 Å². The van der Waals surface area contributed by atoms with Crippen LogP contribution in [0, 0.1) is 0 Å². The summed E-state index contributed by atoms with van der Waals surface area (Å²) in [5.74, 6) is 1.19. The average molecular weight is 539 g/mol. The Labute approximate surface area is 235 Å². The molecule has 0 aliphatic heterocycles. The second-order valence-electron chi connectivity index (χ2n) is 9.25. The lowest BCUT2D eigenvalue weighted by Crippen LogP contribution is -2.13. The Morgan fingerprint density at radius 3 is 1.60 bits per heavy atom. The van der Waals surface area contributed by atoms with E-state index < -0.39 is 11.9 Å². The van der Waals surface area contributed by atoms with E-state index >= 15 is 0 Å². The van der Waals surface area contributed by atoms with Crippen molar-refractivity contribution in [2.24, 2.45) is 0 Å². The van der Waals surface area contributed by atoms with Crippen molar-refractivity contribution in [1.82, 2.24) is 0 Å². The van der Waals surface area contributed by atoms with E-state index in [-0.39, 0.29) is 0 Å². The zero-order valence-electron chi connectivity index (χ0n) is 22.9. The van der Waals surface area contributed by atoms with Gasteiger partial charge in [0.25, 0.3) is 0 Å². The Bertz CT molecular complexity index is 1380. The molecule has 0 heterocycles. The summed E-state index contributed by atoms with van der Waals surface area (Å²) in [5.41, 5.74) is 1.99. The van der Waals surface area contributed by atoms with Gasteiger partial charge in [-0.15, -0.1) is 0 Å². The highest BCUT2D eigenvalue weighted by atomic mass is 16.5. The standard InChI is InChI=1S/C34H34O6/c1-3-5-22-37-27-13-17-29(18-14-27)39-33(35)26-12-21-31(32(24-26)25-10-8-7-9-11-25)34(36)40-30-19-15-28(16-20-30)38-23-6-4-2/h7-21,24H,3-6,22-23H2,1-2H3. The molecule has 40 heavy (non-hydrogen) atoms. The summed E-state index contributed by atoms with van der Waals surface area (Å²) in [6.45, 7) is 5.50. The van der Waals surface area contributed by atoms with Crippen LogP contribution in [-0.2, 0) is 0 Å². The maximum Gasteiger partial charge on any atom is 0.344 e. The molecule has 0 spiro atoms. The average Bonchev–Trinajstić information content (AvgIpc) is 2.99. The molecule has 6 nitrogen and oxygen atoms in total. The normalized spacial score (nSPS) is 10.6. The van der Waals surface area contributed by atoms with Crippen molar-refractivity contribution >= 4 is 11.9 Å². The van der Waals surface area contributed by atoms with Crippen LogP contribution in [0.15, 0.2) is 97.1 Å². The molecule has 0 fully saturated rings. The lowest BCUT2D eigenvalue weighted by molar-refractivity contribution is 0.0721. The number of ether oxygens (including phenoxy) is 4. The van der Waals surface area contributed by atoms with Crippen molar-refractivity contribution in [1.29, 1.82) is 0 Å². The summed E-state index contributed by atoms with van der Waals surface area (Å²) < 4.78 is 22.6. The number of unbranched alkanes of at least 4 members (excludes halogenated alkanes) is 2. The summed E-state index contributed by atoms with van der Waals surface area (Å²) in [4.78, 5) is 26.2. The second-order valence-corrected chi connectivity index (χ2v) is 9.25. The number of hydrogen-bond donors (Lipinski definition) is 0. The zero-order chi connectivity index (χ0) is 28.2. The Hall–Kier alpha value is -4.58. The van der Waals surface area contributed by atoms with Gasteiger partial charge in [-0.25, -0.2) is 9.59 Å². The van der Waals surface area contributed by atoms with E-state index in [4.69, 9.17) is 18.9 Å². The van der Waals surface area contributed by atoms with Crippen LogP contribution in [0.4, 0.5) is 0 Å². The Morgan fingerprint density at radius 1 is 0.575 bits per heavy atom. The van der Waals surface area contributed by atoms with Gasteiger partial charge >= 0.3 is 11.9 Å². The van der Waals surface area contributed by atoms with Gasteiger partial charge in [-0.05, 0) is 90.7 Å². The third-order valence-corrected chi connectivity index (χ3v) is 6.16. The fourth-order valence-electron chi connectivity index (χ4n) is 3.91. The Balaban J connectivity index is 1.50. The van der Waals surface area contributed by atoms with Gasteiger partial charge in [-0.2, -0.15) is 0 Å². The van der Waals surface area contributed by atoms with Crippen LogP contribution in [0.5, 0.6) is 23.0 Å². The molecule has 0 bridgehead atoms. The van der Waals surface area contributed by atoms with Crippen LogP contribution in [0.1, 0.15) is 60.2 Å². The number of carbonyl (C=O) groups excluding carboxylic acids is 2. The monoisotopic (exact) mass is 538 g/mol. The summed E-state index contributed by atoms with van der Waals surface area (Å²) in [5, 5.41) is 0. The number of hydrogen-bond acceptors (Lipinski definition) is 6. The molecule has 0 aliphatic rings. The molecule has 0 saturated heterocycles. The van der Waals surface area contributed by atoms with E-state index in [0.29, 0.717) is 41.4 Å². The van der Waals surface area contributed by atoms with Crippen molar-refractivity contribution in [3.05, 3.63) is 108 Å². The smallest absolute Gasteiger partial charge is 0.344 e. The van der Waals surface area contributed by atoms with Crippen LogP contribution in [0.3, 0.4) is 0 Å². The summed E-state index contributed by atoms with van der Waals surface area (Å²) in [6, 6.07) is 28.1. The fraction of sp³-hybridized carbons (Fsp3) is 0.235. The molecular formula is C34H34O6. The maximum absolute atomic E-state index is 13.2. The number of benzene rings is 4. The van der Waals surface area contributed by atoms with Gasteiger partial charge in [0.1, 0.15) is 23.0 Å². The first-order valence-electron chi connectivity index (χ1n) is 13.7. The summed E-state index contributed by atoms with van der Waals surface area (Å²) >= 11 is 0. The first kappa shape index (κ1) is 28.4. The minimum atomic E-state index is -0.532. The molecule has 4 rings (SSSR count). The predicted molar refractivity (Wildman–Crippen MR) is 155 cm³/mol. The van der Waals surface area contributed by atoms with Gasteiger partial charge in [-0.3, -0.25) is 0 Å². The second kappa shape index (κ2) is 14.5. The van der Waals surface area contributed by atoms with E-state index in [1.807, 2.05) is 30.3 Å². The number of esters is 2. The van der Waals surface area contributed by atoms with Gasteiger partial charge in [0.2, 0.25) is 0 Å². The molecule has 4 aromatic rings. The minimum Gasteiger partial charge on any atom is -0.494 e. The predicted octanol–water partition coefficient (Wildman–Crippen LogP) is 8.15. The lowest BCUT2D eigenvalue weighted by Gasteiger charge is -2.13. The van der Waals surface area contributed by atoms with Crippen molar-refractivity contribution in [2.75, 3.05) is 13.2 Å². The van der Waals surface area contributed by atoms with E-state index in [1.165, 1.54) is 0 Å². The number of carbonyl (C=O) groups is 2. The van der Waals surface area contributed by atoms with E-state index in [2.05, 4.69) is 13.8 Å². The molecule has 0 atom stereocenters. The largest absolute Gasteiger partial charge is 0.494 e. The summed E-state index contributed by atoms with van der Waals surface area (Å²) in [7, 11) is 0. The highest BCUT2D eigenvalue weighted by Crippen LogP contribution is 2.28. The van der Waals surface area contributed by atoms with Crippen molar-refractivity contribution < 1.29 is 28.5 Å². The Kier molecular flexibility index (Phi) is 10.3. The van der Waals surface area contributed by atoms with E-state index in [9.17, 15) is 9.59 Å². The first-order chi connectivity index (χ1) is 19.6. The molecular weight excluding hydrogens is 504 g/mol. The molecule has 0 unspecified atom stereocenters. The van der Waals surface area contributed by atoms with Crippen LogP contribution < -0.4 is 18.9 Å². The molecule has 0 radical (unpaired) electrons. The SMILES string of the molecule is CCCCOc1ccc(OC(=O)c2ccc(C(=O)Oc3ccc(OCCCC)cc3)c(-c3ccccc3)c2)cc1. The van der Waals surface area contributed by atoms with E-state index in [0.717, 1.165) is 42.7 Å². The molecule has 0 saturated carbocycles. The molecule has 4 aromatic carbocycles. The van der Waals surface area contributed by atoms with Crippen LogP contribution >= 0.6 is 0 Å². The first-order valence-corrected chi connectivity index (χ1v) is 13.7. The van der Waals surface area contributed by atoms with Gasteiger partial charge in [0, 0.05) is 0 Å². The van der Waals surface area contributed by atoms with Gasteiger partial charge in [-0.1, -0.05) is 57.0 Å². The lowest BCUT2D eigenvalue weighted by atomic mass is 9.97.